The average Bonchev–Trinajstić information content (AvgIpc) is 2.34. The van der Waals surface area contributed by atoms with Crippen molar-refractivity contribution in [3.8, 4) is 0 Å². The lowest BCUT2D eigenvalue weighted by molar-refractivity contribution is 0.199. The summed E-state index contributed by atoms with van der Waals surface area (Å²) in [6, 6.07) is 4.40. The third-order valence-corrected chi connectivity index (χ3v) is 4.45. The van der Waals surface area contributed by atoms with Crippen LogP contribution >= 0.6 is 31.9 Å². The van der Waals surface area contributed by atoms with Crippen molar-refractivity contribution in [1.82, 2.24) is 5.32 Å². The minimum Gasteiger partial charge on any atom is -0.383 e. The third-order valence-electron chi connectivity index (χ3n) is 2.86. The van der Waals surface area contributed by atoms with Gasteiger partial charge < -0.3 is 10.1 Å². The van der Waals surface area contributed by atoms with E-state index in [-0.39, 0.29) is 0 Å². The van der Waals surface area contributed by atoms with Gasteiger partial charge in [-0.1, -0.05) is 31.9 Å². The Kier molecular flexibility index (Phi) is 8.15. The van der Waals surface area contributed by atoms with Gasteiger partial charge in [-0.25, -0.2) is 0 Å². The van der Waals surface area contributed by atoms with Crippen LogP contribution in [0.1, 0.15) is 24.0 Å². The topological polar surface area (TPSA) is 21.3 Å². The van der Waals surface area contributed by atoms with Gasteiger partial charge in [-0.3, -0.25) is 0 Å². The lowest BCUT2D eigenvalue weighted by Gasteiger charge is -2.08. The van der Waals surface area contributed by atoms with E-state index in [0.29, 0.717) is 0 Å². The number of aryl methyl sites for hydroxylation is 2. The summed E-state index contributed by atoms with van der Waals surface area (Å²) in [4.78, 5) is 0. The minimum absolute atomic E-state index is 0.788. The summed E-state index contributed by atoms with van der Waals surface area (Å²) in [6.07, 6.45) is 3.52. The van der Waals surface area contributed by atoms with Crippen LogP contribution in [0.3, 0.4) is 0 Å². The van der Waals surface area contributed by atoms with Crippen molar-refractivity contribution < 1.29 is 4.74 Å². The molecule has 0 amide bonds. The summed E-state index contributed by atoms with van der Waals surface area (Å²) >= 11 is 7.22. The SMILES string of the molecule is COCCNCCCCc1cc(Br)c(C)cc1Br. The van der Waals surface area contributed by atoms with Crippen LogP contribution in [0, 0.1) is 6.92 Å². The van der Waals surface area contributed by atoms with Gasteiger partial charge in [0.1, 0.15) is 0 Å². The van der Waals surface area contributed by atoms with Crippen molar-refractivity contribution in [2.75, 3.05) is 26.8 Å². The van der Waals surface area contributed by atoms with Crippen molar-refractivity contribution in [3.63, 3.8) is 0 Å². The third kappa shape index (κ3) is 5.83. The molecule has 0 aromatic heterocycles. The van der Waals surface area contributed by atoms with E-state index in [2.05, 4.69) is 56.2 Å². The average molecular weight is 379 g/mol. The van der Waals surface area contributed by atoms with E-state index in [1.807, 2.05) is 0 Å². The van der Waals surface area contributed by atoms with Crippen molar-refractivity contribution in [1.29, 1.82) is 0 Å². The molecule has 0 spiro atoms. The molecule has 1 aromatic rings. The molecule has 0 aliphatic heterocycles. The van der Waals surface area contributed by atoms with Gasteiger partial charge in [-0.2, -0.15) is 0 Å². The Bertz CT molecular complexity index is 369. The van der Waals surface area contributed by atoms with Crippen LogP contribution in [0.4, 0.5) is 0 Å². The van der Waals surface area contributed by atoms with E-state index in [1.165, 1.54) is 32.9 Å². The van der Waals surface area contributed by atoms with Crippen LogP contribution in [0.15, 0.2) is 21.1 Å². The fourth-order valence-corrected chi connectivity index (χ4v) is 2.79. The van der Waals surface area contributed by atoms with Crippen LogP contribution < -0.4 is 5.32 Å². The van der Waals surface area contributed by atoms with Gasteiger partial charge in [0.15, 0.2) is 0 Å². The first kappa shape index (κ1) is 16.2. The molecule has 0 aliphatic rings. The number of nitrogens with one attached hydrogen (secondary N) is 1. The summed E-state index contributed by atoms with van der Waals surface area (Å²) in [5, 5.41) is 3.36. The lowest BCUT2D eigenvalue weighted by Crippen LogP contribution is -2.20. The molecule has 4 heteroatoms. The Morgan fingerprint density at radius 2 is 1.89 bits per heavy atom. The number of ether oxygens (including phenoxy) is 1. The largest absolute Gasteiger partial charge is 0.383 e. The van der Waals surface area contributed by atoms with Crippen molar-refractivity contribution in [3.05, 3.63) is 32.2 Å². The summed E-state index contributed by atoms with van der Waals surface area (Å²) in [5.41, 5.74) is 2.65. The van der Waals surface area contributed by atoms with E-state index >= 15 is 0 Å². The molecule has 1 rings (SSSR count). The number of unbranched alkanes of at least 4 members (excludes halogenated alkanes) is 1. The van der Waals surface area contributed by atoms with Crippen molar-refractivity contribution in [2.45, 2.75) is 26.2 Å². The molecule has 0 bridgehead atoms. The monoisotopic (exact) mass is 377 g/mol. The smallest absolute Gasteiger partial charge is 0.0587 e. The molecule has 0 fully saturated rings. The van der Waals surface area contributed by atoms with E-state index in [9.17, 15) is 0 Å². The Balaban J connectivity index is 2.25. The molecular formula is C14H21Br2NO. The molecule has 0 unspecified atom stereocenters. The molecule has 0 saturated heterocycles. The fraction of sp³-hybridized carbons (Fsp3) is 0.571. The number of rotatable bonds is 8. The lowest BCUT2D eigenvalue weighted by atomic mass is 10.1. The van der Waals surface area contributed by atoms with Crippen LogP contribution in [-0.4, -0.2) is 26.8 Å². The normalized spacial score (nSPS) is 10.9. The number of benzene rings is 1. The zero-order chi connectivity index (χ0) is 13.4. The summed E-state index contributed by atoms with van der Waals surface area (Å²) in [6.45, 7) is 4.90. The fourth-order valence-electron chi connectivity index (χ4n) is 1.74. The van der Waals surface area contributed by atoms with E-state index in [0.717, 1.165) is 26.1 Å². The van der Waals surface area contributed by atoms with Gasteiger partial charge in [-0.15, -0.1) is 0 Å². The zero-order valence-corrected chi connectivity index (χ0v) is 14.2. The van der Waals surface area contributed by atoms with Crippen molar-refractivity contribution in [2.24, 2.45) is 0 Å². The van der Waals surface area contributed by atoms with Crippen LogP contribution in [-0.2, 0) is 11.2 Å². The van der Waals surface area contributed by atoms with Crippen molar-refractivity contribution >= 4 is 31.9 Å². The van der Waals surface area contributed by atoms with Gasteiger partial charge in [0, 0.05) is 22.6 Å². The standard InChI is InChI=1S/C14H21Br2NO/c1-11-9-14(16)12(10-13(11)15)5-3-4-6-17-7-8-18-2/h9-10,17H,3-8H2,1-2H3. The highest BCUT2D eigenvalue weighted by atomic mass is 79.9. The van der Waals surface area contributed by atoms with Crippen LogP contribution in [0.5, 0.6) is 0 Å². The molecule has 0 radical (unpaired) electrons. The molecular weight excluding hydrogens is 358 g/mol. The Morgan fingerprint density at radius 3 is 2.61 bits per heavy atom. The Hall–Kier alpha value is 0.1000. The molecule has 0 saturated carbocycles. The molecule has 1 N–H and O–H groups in total. The van der Waals surface area contributed by atoms with Gasteiger partial charge >= 0.3 is 0 Å². The van der Waals surface area contributed by atoms with E-state index < -0.39 is 0 Å². The van der Waals surface area contributed by atoms with Gasteiger partial charge in [0.2, 0.25) is 0 Å². The molecule has 0 aliphatic carbocycles. The summed E-state index contributed by atoms with van der Waals surface area (Å²) in [5.74, 6) is 0. The Morgan fingerprint density at radius 1 is 1.11 bits per heavy atom. The maximum atomic E-state index is 4.98. The quantitative estimate of drug-likeness (QED) is 0.688. The number of hydrogen-bond acceptors (Lipinski definition) is 2. The second-order valence-electron chi connectivity index (χ2n) is 4.39. The van der Waals surface area contributed by atoms with Gasteiger partial charge in [0.25, 0.3) is 0 Å². The first-order valence-corrected chi connectivity index (χ1v) is 7.88. The highest BCUT2D eigenvalue weighted by molar-refractivity contribution is 9.11. The Labute approximate surface area is 127 Å². The maximum Gasteiger partial charge on any atom is 0.0587 e. The second kappa shape index (κ2) is 9.08. The van der Waals surface area contributed by atoms with Gasteiger partial charge in [0.05, 0.1) is 6.61 Å². The molecule has 1 aromatic carbocycles. The second-order valence-corrected chi connectivity index (χ2v) is 6.10. The number of hydrogen-bond donors (Lipinski definition) is 1. The maximum absolute atomic E-state index is 4.98. The van der Waals surface area contributed by atoms with Crippen LogP contribution in [0.25, 0.3) is 0 Å². The predicted molar refractivity (Wildman–Crippen MR) is 84.3 cm³/mol. The predicted octanol–water partition coefficient (Wildman–Crippen LogP) is 4.08. The first-order valence-electron chi connectivity index (χ1n) is 6.29. The van der Waals surface area contributed by atoms with E-state index in [1.54, 1.807) is 7.11 Å². The van der Waals surface area contributed by atoms with E-state index in [4.69, 9.17) is 4.74 Å². The molecule has 18 heavy (non-hydrogen) atoms. The van der Waals surface area contributed by atoms with Crippen LogP contribution in [0.2, 0.25) is 0 Å². The highest BCUT2D eigenvalue weighted by Crippen LogP contribution is 2.26. The van der Waals surface area contributed by atoms with Gasteiger partial charge in [-0.05, 0) is 56.0 Å². The molecule has 102 valence electrons. The zero-order valence-electron chi connectivity index (χ0n) is 11.1. The molecule has 2 nitrogen and oxygen atoms in total. The summed E-state index contributed by atoms with van der Waals surface area (Å²) < 4.78 is 7.40. The molecule has 0 heterocycles. The first-order chi connectivity index (χ1) is 8.65. The summed E-state index contributed by atoms with van der Waals surface area (Å²) in [7, 11) is 1.73. The minimum atomic E-state index is 0.788. The molecule has 0 atom stereocenters. The highest BCUT2D eigenvalue weighted by Gasteiger charge is 2.03. The number of halogens is 2. The number of methoxy groups -OCH3 is 1.